The average Bonchev–Trinajstić information content (AvgIpc) is 1.53. The summed E-state index contributed by atoms with van der Waals surface area (Å²) in [4.78, 5) is 8.78. The van der Waals surface area contributed by atoms with E-state index in [1.807, 2.05) is 94.7 Å². The summed E-state index contributed by atoms with van der Waals surface area (Å²) in [6, 6.07) is 148. The monoisotopic (exact) mass is 1790 g/mol. The second kappa shape index (κ2) is 32.7. The summed E-state index contributed by atoms with van der Waals surface area (Å²) in [5.74, 6) is -0.579. The second-order valence-corrected chi connectivity index (χ2v) is 51.1. The summed E-state index contributed by atoms with van der Waals surface area (Å²) in [5, 5.41) is 21.9. The fraction of sp³-hybridized carbons (Fsp3) is 0.111. The minimum atomic E-state index is -1.47. The van der Waals surface area contributed by atoms with E-state index in [2.05, 4.69) is 403 Å². The van der Waals surface area contributed by atoms with E-state index >= 15 is 8.78 Å². The normalized spacial score (nSPS) is 12.3. The van der Waals surface area contributed by atoms with Crippen LogP contribution in [0.3, 0.4) is 0 Å². The van der Waals surface area contributed by atoms with Crippen LogP contribution >= 0.6 is 0 Å². The van der Waals surface area contributed by atoms with Crippen LogP contribution in [0.25, 0.3) is 142 Å². The Morgan fingerprint density at radius 3 is 0.713 bits per heavy atom. The largest absolute Gasteiger partial charge is 0.310 e. The van der Waals surface area contributed by atoms with E-state index in [0.29, 0.717) is 11.4 Å². The molecule has 0 radical (unpaired) electrons. The van der Waals surface area contributed by atoms with Crippen molar-refractivity contribution < 1.29 is 8.78 Å². The van der Waals surface area contributed by atoms with E-state index in [0.717, 1.165) is 106 Å². The lowest BCUT2D eigenvalue weighted by Crippen LogP contribution is -2.37. The smallest absolute Gasteiger partial charge is 0.147 e. The maximum atomic E-state index is 15.6. The van der Waals surface area contributed by atoms with Crippen LogP contribution in [0.15, 0.2) is 413 Å². The zero-order valence-electron chi connectivity index (χ0n) is 78.7. The van der Waals surface area contributed by atoms with Crippen LogP contribution in [0.5, 0.6) is 0 Å². The molecule has 0 atom stereocenters. The Hall–Kier alpha value is -15.5. The Balaban J connectivity index is 0.000000154. The Bertz CT molecular complexity index is 8310. The van der Waals surface area contributed by atoms with Gasteiger partial charge in [-0.1, -0.05) is 285 Å². The van der Waals surface area contributed by atoms with Crippen molar-refractivity contribution in [2.24, 2.45) is 0 Å². The van der Waals surface area contributed by atoms with Crippen molar-refractivity contribution in [3.63, 3.8) is 0 Å². The van der Waals surface area contributed by atoms with Crippen LogP contribution in [0.4, 0.5) is 77.0 Å². The first-order chi connectivity index (χ1) is 65.7. The van der Waals surface area contributed by atoms with Gasteiger partial charge in [0.25, 0.3) is 0 Å². The Kier molecular flexibility index (Phi) is 20.4. The van der Waals surface area contributed by atoms with E-state index in [9.17, 15) is 0 Å². The molecule has 4 heterocycles. The lowest BCUT2D eigenvalue weighted by molar-refractivity contribution is 0.590. The van der Waals surface area contributed by atoms with Gasteiger partial charge in [0.05, 0.1) is 60.6 Å². The highest BCUT2D eigenvalue weighted by molar-refractivity contribution is 6.89. The number of benzene rings is 20. The number of hydrogen-bond donors (Lipinski definition) is 0. The maximum absolute atomic E-state index is 15.6. The van der Waals surface area contributed by atoms with E-state index in [4.69, 9.17) is 0 Å². The van der Waals surface area contributed by atoms with Crippen LogP contribution in [0.2, 0.25) is 39.3 Å². The molecule has 0 spiro atoms. The van der Waals surface area contributed by atoms with Crippen molar-refractivity contribution in [2.75, 3.05) is 19.6 Å². The number of hydrogen-bond acceptors (Lipinski definition) is 4. The fourth-order valence-corrected chi connectivity index (χ4v) is 23.1. The van der Waals surface area contributed by atoms with Crippen LogP contribution in [-0.2, 0) is 10.8 Å². The zero-order chi connectivity index (χ0) is 93.0. The average molecular weight is 1800 g/mol. The summed E-state index contributed by atoms with van der Waals surface area (Å²) < 4.78 is 36.3. The van der Waals surface area contributed by atoms with Crippen molar-refractivity contribution >= 4 is 214 Å². The van der Waals surface area contributed by atoms with Crippen LogP contribution in [0, 0.1) is 11.6 Å². The third-order valence-electron chi connectivity index (χ3n) is 28.0. The number of rotatable bonds is 16. The van der Waals surface area contributed by atoms with E-state index in [1.165, 1.54) is 126 Å². The van der Waals surface area contributed by atoms with Gasteiger partial charge in [-0.15, -0.1) is 0 Å². The summed E-state index contributed by atoms with van der Waals surface area (Å²) in [5.41, 5.74) is 26.0. The number of nitrogens with zero attached hydrogens (tertiary/aromatic N) is 6. The third-order valence-corrected chi connectivity index (χ3v) is 32.1. The van der Waals surface area contributed by atoms with E-state index in [-0.39, 0.29) is 22.5 Å². The molecule has 24 rings (SSSR count). The van der Waals surface area contributed by atoms with Gasteiger partial charge in [-0.3, -0.25) is 0 Å². The van der Waals surface area contributed by atoms with Crippen LogP contribution in [0.1, 0.15) is 52.7 Å². The molecule has 0 saturated carbocycles. The molecule has 20 aromatic carbocycles. The number of fused-ring (bicyclic) bond motifs is 16. The van der Waals surface area contributed by atoms with Crippen molar-refractivity contribution in [1.29, 1.82) is 0 Å². The minimum absolute atomic E-state index is 0.0472. The van der Waals surface area contributed by atoms with Gasteiger partial charge in [0.2, 0.25) is 0 Å². The Morgan fingerprint density at radius 2 is 0.449 bits per heavy atom. The molecule has 0 unspecified atom stereocenters. The van der Waals surface area contributed by atoms with Crippen LogP contribution < -0.4 is 30.0 Å². The molecule has 0 fully saturated rings. The van der Waals surface area contributed by atoms with Gasteiger partial charge in [0, 0.05) is 100.0 Å². The maximum Gasteiger partial charge on any atom is 0.147 e. The predicted molar refractivity (Wildman–Crippen MR) is 585 cm³/mol. The molecule has 136 heavy (non-hydrogen) atoms. The van der Waals surface area contributed by atoms with Gasteiger partial charge in [0.15, 0.2) is 0 Å². The lowest BCUT2D eigenvalue weighted by atomic mass is 9.86. The molecule has 0 N–H and O–H groups in total. The van der Waals surface area contributed by atoms with Crippen LogP contribution in [-0.4, -0.2) is 24.9 Å². The molecule has 0 bridgehead atoms. The molecular formula is C126H104F2N6Si2. The number of para-hydroxylation sites is 6. The van der Waals surface area contributed by atoms with E-state index < -0.39 is 16.1 Å². The highest BCUT2D eigenvalue weighted by Crippen LogP contribution is 2.51. The third kappa shape index (κ3) is 15.0. The highest BCUT2D eigenvalue weighted by Gasteiger charge is 2.29. The summed E-state index contributed by atoms with van der Waals surface area (Å²) >= 11 is 0. The van der Waals surface area contributed by atoms with Gasteiger partial charge in [0.1, 0.15) is 11.6 Å². The molecule has 0 aliphatic heterocycles. The quantitative estimate of drug-likeness (QED) is 0.0899. The van der Waals surface area contributed by atoms with Gasteiger partial charge >= 0.3 is 0 Å². The topological polar surface area (TPSA) is 21.8 Å². The molecule has 6 nitrogen and oxygen atoms in total. The summed E-state index contributed by atoms with van der Waals surface area (Å²) in [7, 11) is -2.94. The molecule has 10 heteroatoms. The standard InChI is InChI=1S/C66H61N3Si2.C60H43F2N3/c1-66(2,3)50-24-20-44(21-25-50)49-40-61-59-38-45-22-26-55(67(51-16-12-10-13-17-51)53-28-32-57(33-29-53)70(4,5)6)36-47(45)42-63(59)69-64-43-48-37-56(27-23-46(48)39-60(64)62(41-49)65(61)69)68(52-18-14-11-15-19-52)54-30-34-58(35-31-54)71(7,8)9;1-60(2,3)44-26-22-38(23-27-44)43-34-51-49-32-39-24-28-47(63(45-14-6-4-7-15-45)55-20-12-10-18-53(55)61)30-41(39)36-57(49)65-58-37-42-31-48(29-25-40(42)33-50(58)52(35-43)59(51)65)64(46-16-8-5-9-17-46)56-21-13-11-19-54(56)62/h10-43H,1-9H3;4-37H,1-3H3. The molecule has 4 aromatic heterocycles. The molecule has 0 amide bonds. The second-order valence-electron chi connectivity index (χ2n) is 40.9. The predicted octanol–water partition coefficient (Wildman–Crippen LogP) is 35.5. The van der Waals surface area contributed by atoms with Crippen molar-refractivity contribution in [3.8, 4) is 22.3 Å². The molecule has 24 aromatic rings. The molecule has 0 aliphatic rings. The number of aromatic nitrogens is 2. The zero-order valence-corrected chi connectivity index (χ0v) is 80.7. The van der Waals surface area contributed by atoms with E-state index in [1.54, 1.807) is 12.1 Å². The number of anilines is 12. The fourth-order valence-electron chi connectivity index (χ4n) is 20.8. The van der Waals surface area contributed by atoms with Gasteiger partial charge in [-0.25, -0.2) is 8.78 Å². The molecular weight excluding hydrogens is 1690 g/mol. The molecule has 0 saturated heterocycles. The molecule has 660 valence electrons. The Labute approximate surface area is 794 Å². The Morgan fingerprint density at radius 1 is 0.206 bits per heavy atom. The first kappa shape index (κ1) is 84.8. The van der Waals surface area contributed by atoms with Crippen molar-refractivity contribution in [1.82, 2.24) is 8.80 Å². The van der Waals surface area contributed by atoms with Gasteiger partial charge < -0.3 is 28.4 Å². The minimum Gasteiger partial charge on any atom is -0.310 e. The van der Waals surface area contributed by atoms with Crippen molar-refractivity contribution in [3.05, 3.63) is 435 Å². The first-order valence-electron chi connectivity index (χ1n) is 47.4. The first-order valence-corrected chi connectivity index (χ1v) is 54.4. The summed E-state index contributed by atoms with van der Waals surface area (Å²) in [6.45, 7) is 28.1. The van der Waals surface area contributed by atoms with Crippen molar-refractivity contribution in [2.45, 2.75) is 91.7 Å². The molecule has 0 aliphatic carbocycles. The number of halogens is 2. The van der Waals surface area contributed by atoms with Gasteiger partial charge in [-0.2, -0.15) is 0 Å². The SMILES string of the molecule is CC(C)(C)c1ccc(-c2cc3c4cc5ccc(N(c6ccccc6)c6ccc([Si](C)(C)C)cc6)cc5cc4n4c5cc6cc(N(c7ccccc7)c7ccc([Si](C)(C)C)cc7)ccc6cc5c(c2)c34)cc1.CC(C)(C)c1ccc(-c2cc3c4cc5ccc(N(c6ccccc6)c6ccccc6F)cc5cc4n4c5cc6cc(N(c7ccccc7)c7ccccc7F)ccc6cc5c(c2)c34)cc1. The summed E-state index contributed by atoms with van der Waals surface area (Å²) in [6.07, 6.45) is 0. The highest BCUT2D eigenvalue weighted by atomic mass is 28.3. The van der Waals surface area contributed by atoms with Gasteiger partial charge in [-0.05, 0) is 306 Å². The lowest BCUT2D eigenvalue weighted by Gasteiger charge is -2.27.